The van der Waals surface area contributed by atoms with Crippen molar-refractivity contribution in [2.24, 2.45) is 0 Å². The molecular formula is C27H33N3. The molecule has 2 aromatic carbocycles. The number of aromatic nitrogens is 2. The number of benzene rings is 2. The van der Waals surface area contributed by atoms with Crippen LogP contribution in [-0.2, 0) is 6.42 Å². The highest BCUT2D eigenvalue weighted by atomic mass is 14.8. The summed E-state index contributed by atoms with van der Waals surface area (Å²) in [5.41, 5.74) is 5.16. The van der Waals surface area contributed by atoms with Gasteiger partial charge in [-0.05, 0) is 67.5 Å². The predicted molar refractivity (Wildman–Crippen MR) is 126 cm³/mol. The Morgan fingerprint density at radius 1 is 0.700 bits per heavy atom. The van der Waals surface area contributed by atoms with Gasteiger partial charge in [0.05, 0.1) is 0 Å². The van der Waals surface area contributed by atoms with Crippen molar-refractivity contribution in [3.8, 4) is 0 Å². The second kappa shape index (κ2) is 13.4. The van der Waals surface area contributed by atoms with Gasteiger partial charge >= 0.3 is 0 Å². The molecule has 0 amide bonds. The number of hydrogen-bond donors (Lipinski definition) is 1. The zero-order valence-electron chi connectivity index (χ0n) is 17.8. The third-order valence-electron chi connectivity index (χ3n) is 5.26. The van der Waals surface area contributed by atoms with Crippen molar-refractivity contribution >= 4 is 5.57 Å². The summed E-state index contributed by atoms with van der Waals surface area (Å²) in [7, 11) is 0. The van der Waals surface area contributed by atoms with E-state index >= 15 is 0 Å². The molecule has 156 valence electrons. The highest BCUT2D eigenvalue weighted by molar-refractivity contribution is 5.79. The van der Waals surface area contributed by atoms with Crippen molar-refractivity contribution in [2.45, 2.75) is 44.9 Å². The number of hydrogen-bond acceptors (Lipinski definition) is 3. The molecule has 3 nitrogen and oxygen atoms in total. The van der Waals surface area contributed by atoms with E-state index < -0.39 is 0 Å². The Bertz CT molecular complexity index is 804. The van der Waals surface area contributed by atoms with Crippen LogP contribution in [0.15, 0.2) is 85.5 Å². The predicted octanol–water partition coefficient (Wildman–Crippen LogP) is 6.08. The van der Waals surface area contributed by atoms with Gasteiger partial charge in [0.25, 0.3) is 0 Å². The lowest BCUT2D eigenvalue weighted by molar-refractivity contribution is 0.578. The maximum absolute atomic E-state index is 4.07. The Labute approximate surface area is 181 Å². The third-order valence-corrected chi connectivity index (χ3v) is 5.26. The van der Waals surface area contributed by atoms with E-state index in [0.717, 1.165) is 32.4 Å². The monoisotopic (exact) mass is 399 g/mol. The topological polar surface area (TPSA) is 37.8 Å². The molecule has 0 radical (unpaired) electrons. The Hall–Kier alpha value is -2.78. The summed E-state index contributed by atoms with van der Waals surface area (Å²) in [6.45, 7) is 2.19. The van der Waals surface area contributed by atoms with Crippen molar-refractivity contribution in [3.63, 3.8) is 0 Å². The number of aryl methyl sites for hydroxylation is 1. The molecule has 0 aliphatic carbocycles. The van der Waals surface area contributed by atoms with Gasteiger partial charge in [0.1, 0.15) is 6.33 Å². The molecule has 0 saturated heterocycles. The van der Waals surface area contributed by atoms with Gasteiger partial charge in [0.2, 0.25) is 0 Å². The molecule has 0 unspecified atom stereocenters. The number of nitrogens with zero attached hydrogens (tertiary/aromatic N) is 2. The van der Waals surface area contributed by atoms with E-state index in [-0.39, 0.29) is 0 Å². The lowest BCUT2D eigenvalue weighted by Crippen LogP contribution is -2.16. The second-order valence-electron chi connectivity index (χ2n) is 7.65. The quantitative estimate of drug-likeness (QED) is 0.354. The van der Waals surface area contributed by atoms with E-state index in [2.05, 4.69) is 82.0 Å². The second-order valence-corrected chi connectivity index (χ2v) is 7.65. The molecule has 3 aromatic rings. The van der Waals surface area contributed by atoms with Crippen LogP contribution in [0.2, 0.25) is 0 Å². The largest absolute Gasteiger partial charge is 0.317 e. The first-order chi connectivity index (χ1) is 14.9. The highest BCUT2D eigenvalue weighted by Gasteiger charge is 2.03. The summed E-state index contributed by atoms with van der Waals surface area (Å²) in [5, 5.41) is 3.60. The normalized spacial score (nSPS) is 10.7. The molecule has 0 spiro atoms. The van der Waals surface area contributed by atoms with Crippen LogP contribution in [0, 0.1) is 0 Å². The molecule has 0 aliphatic heterocycles. The van der Waals surface area contributed by atoms with Gasteiger partial charge in [0, 0.05) is 12.4 Å². The first-order valence-corrected chi connectivity index (χ1v) is 11.2. The van der Waals surface area contributed by atoms with Crippen LogP contribution < -0.4 is 5.32 Å². The van der Waals surface area contributed by atoms with Gasteiger partial charge in [-0.3, -0.25) is 0 Å². The number of allylic oxidation sites excluding steroid dienone is 1. The Morgan fingerprint density at radius 2 is 1.30 bits per heavy atom. The molecule has 0 aliphatic rings. The fourth-order valence-electron chi connectivity index (χ4n) is 3.63. The van der Waals surface area contributed by atoms with Gasteiger partial charge in [-0.15, -0.1) is 0 Å². The molecule has 0 saturated carbocycles. The molecule has 0 fully saturated rings. The zero-order chi connectivity index (χ0) is 20.7. The molecule has 0 bridgehead atoms. The van der Waals surface area contributed by atoms with Gasteiger partial charge < -0.3 is 5.32 Å². The summed E-state index contributed by atoms with van der Waals surface area (Å²) in [6.07, 6.45) is 16.2. The number of rotatable bonds is 13. The average Bonchev–Trinajstić information content (AvgIpc) is 2.82. The van der Waals surface area contributed by atoms with Crippen molar-refractivity contribution in [1.29, 1.82) is 0 Å². The highest BCUT2D eigenvalue weighted by Crippen LogP contribution is 2.23. The summed E-state index contributed by atoms with van der Waals surface area (Å²) in [5.74, 6) is 0. The summed E-state index contributed by atoms with van der Waals surface area (Å²) >= 11 is 0. The van der Waals surface area contributed by atoms with E-state index in [9.17, 15) is 0 Å². The molecule has 1 heterocycles. The van der Waals surface area contributed by atoms with Gasteiger partial charge in [-0.2, -0.15) is 0 Å². The molecule has 3 heteroatoms. The lowest BCUT2D eigenvalue weighted by Gasteiger charge is -2.09. The Kier molecular flexibility index (Phi) is 9.82. The van der Waals surface area contributed by atoms with Crippen LogP contribution in [0.4, 0.5) is 0 Å². The van der Waals surface area contributed by atoms with E-state index in [4.69, 9.17) is 0 Å². The SMILES string of the molecule is C(CCCNCCCCCCc1cncnc1)=C(c1ccccc1)c1ccccc1. The zero-order valence-corrected chi connectivity index (χ0v) is 17.8. The third kappa shape index (κ3) is 7.92. The molecule has 1 N–H and O–H groups in total. The van der Waals surface area contributed by atoms with Crippen molar-refractivity contribution < 1.29 is 0 Å². The maximum Gasteiger partial charge on any atom is 0.115 e. The summed E-state index contributed by atoms with van der Waals surface area (Å²) in [6, 6.07) is 21.4. The first kappa shape index (κ1) is 21.9. The Balaban J connectivity index is 1.30. The van der Waals surface area contributed by atoms with Crippen LogP contribution in [0.3, 0.4) is 0 Å². The van der Waals surface area contributed by atoms with Crippen LogP contribution in [0.1, 0.15) is 55.2 Å². The molecule has 1 aromatic heterocycles. The number of unbranched alkanes of at least 4 members (excludes halogenated alkanes) is 4. The van der Waals surface area contributed by atoms with Crippen LogP contribution in [-0.4, -0.2) is 23.1 Å². The van der Waals surface area contributed by atoms with Gasteiger partial charge in [0.15, 0.2) is 0 Å². The van der Waals surface area contributed by atoms with Crippen molar-refractivity contribution in [1.82, 2.24) is 15.3 Å². The van der Waals surface area contributed by atoms with Crippen molar-refractivity contribution in [2.75, 3.05) is 13.1 Å². The maximum atomic E-state index is 4.07. The van der Waals surface area contributed by atoms with Gasteiger partial charge in [-0.1, -0.05) is 79.6 Å². The molecule has 0 atom stereocenters. The number of nitrogens with one attached hydrogen (secondary N) is 1. The fourth-order valence-corrected chi connectivity index (χ4v) is 3.63. The van der Waals surface area contributed by atoms with E-state index in [0.29, 0.717) is 0 Å². The Morgan fingerprint density at radius 3 is 1.97 bits per heavy atom. The van der Waals surface area contributed by atoms with Crippen LogP contribution >= 0.6 is 0 Å². The average molecular weight is 400 g/mol. The van der Waals surface area contributed by atoms with E-state index in [1.54, 1.807) is 6.33 Å². The molecule has 3 rings (SSSR count). The van der Waals surface area contributed by atoms with Gasteiger partial charge in [-0.25, -0.2) is 9.97 Å². The van der Waals surface area contributed by atoms with Crippen LogP contribution in [0.25, 0.3) is 5.57 Å². The molecule has 30 heavy (non-hydrogen) atoms. The van der Waals surface area contributed by atoms with E-state index in [1.807, 2.05) is 12.4 Å². The lowest BCUT2D eigenvalue weighted by atomic mass is 9.96. The fraction of sp³-hybridized carbons (Fsp3) is 0.333. The standard InChI is InChI=1S/C27H33N3/c1(5-13-24-21-29-23-30-22-24)2-11-19-28-20-12-10-18-27(25-14-6-3-7-15-25)26-16-8-4-9-17-26/h3-4,6-9,14-18,21-23,28H,1-2,5,10-13,19-20H2. The smallest absolute Gasteiger partial charge is 0.115 e. The van der Waals surface area contributed by atoms with Crippen molar-refractivity contribution in [3.05, 3.63) is 102 Å². The van der Waals surface area contributed by atoms with E-state index in [1.165, 1.54) is 47.9 Å². The molecular weight excluding hydrogens is 366 g/mol. The first-order valence-electron chi connectivity index (χ1n) is 11.2. The van der Waals surface area contributed by atoms with Crippen LogP contribution in [0.5, 0.6) is 0 Å². The minimum absolute atomic E-state index is 1.08. The minimum Gasteiger partial charge on any atom is -0.317 e. The summed E-state index contributed by atoms with van der Waals surface area (Å²) in [4.78, 5) is 8.14. The minimum atomic E-state index is 1.08. The summed E-state index contributed by atoms with van der Waals surface area (Å²) < 4.78 is 0.